The van der Waals surface area contributed by atoms with Crippen LogP contribution < -0.4 is 5.32 Å². The van der Waals surface area contributed by atoms with Gasteiger partial charge in [0.05, 0.1) is 0 Å². The van der Waals surface area contributed by atoms with Crippen LogP contribution in [0.4, 0.5) is 0 Å². The van der Waals surface area contributed by atoms with Gasteiger partial charge in [-0.15, -0.1) is 0 Å². The van der Waals surface area contributed by atoms with Gasteiger partial charge in [-0.1, -0.05) is 0 Å². The molecule has 0 atom stereocenters. The van der Waals surface area contributed by atoms with Gasteiger partial charge in [0, 0.05) is 26.2 Å². The Kier molecular flexibility index (Phi) is 1.46. The molecule has 10 heavy (non-hydrogen) atoms. The van der Waals surface area contributed by atoms with E-state index >= 15 is 0 Å². The van der Waals surface area contributed by atoms with Crippen molar-refractivity contribution in [2.24, 2.45) is 5.41 Å². The van der Waals surface area contributed by atoms with Crippen LogP contribution in [0.1, 0.15) is 12.8 Å². The molecule has 0 aromatic heterocycles. The van der Waals surface area contributed by atoms with E-state index in [1.807, 2.05) is 0 Å². The second-order valence-electron chi connectivity index (χ2n) is 3.91. The lowest BCUT2D eigenvalue weighted by atomic mass is 10.1. The van der Waals surface area contributed by atoms with Gasteiger partial charge >= 0.3 is 0 Å². The maximum atomic E-state index is 3.49. The van der Waals surface area contributed by atoms with Crippen molar-refractivity contribution < 1.29 is 0 Å². The van der Waals surface area contributed by atoms with Crippen LogP contribution in [0.25, 0.3) is 0 Å². The SMILES string of the molecule is CN1CCNCC2(CC2)C1. The molecule has 0 radical (unpaired) electrons. The average molecular weight is 140 g/mol. The Morgan fingerprint density at radius 3 is 2.90 bits per heavy atom. The maximum absolute atomic E-state index is 3.49. The summed E-state index contributed by atoms with van der Waals surface area (Å²) in [6.07, 6.45) is 2.90. The van der Waals surface area contributed by atoms with E-state index in [1.54, 1.807) is 0 Å². The molecule has 1 aliphatic heterocycles. The molecule has 0 amide bonds. The quantitative estimate of drug-likeness (QED) is 0.520. The summed E-state index contributed by atoms with van der Waals surface area (Å²) in [7, 11) is 2.23. The lowest BCUT2D eigenvalue weighted by Crippen LogP contribution is -2.26. The molecule has 1 heterocycles. The second-order valence-corrected chi connectivity index (χ2v) is 3.91. The molecule has 2 fully saturated rings. The number of rotatable bonds is 0. The van der Waals surface area contributed by atoms with Gasteiger partial charge in [-0.3, -0.25) is 0 Å². The molecule has 2 heteroatoms. The first kappa shape index (κ1) is 6.62. The van der Waals surface area contributed by atoms with Crippen LogP contribution in [-0.2, 0) is 0 Å². The summed E-state index contributed by atoms with van der Waals surface area (Å²) in [5.74, 6) is 0. The summed E-state index contributed by atoms with van der Waals surface area (Å²) in [4.78, 5) is 2.45. The fraction of sp³-hybridized carbons (Fsp3) is 1.00. The first-order valence-corrected chi connectivity index (χ1v) is 4.20. The number of nitrogens with one attached hydrogen (secondary N) is 1. The maximum Gasteiger partial charge on any atom is 0.0104 e. The van der Waals surface area contributed by atoms with E-state index in [0.29, 0.717) is 5.41 Å². The minimum Gasteiger partial charge on any atom is -0.315 e. The van der Waals surface area contributed by atoms with Crippen molar-refractivity contribution in [3.63, 3.8) is 0 Å². The highest BCUT2D eigenvalue weighted by Crippen LogP contribution is 2.45. The zero-order valence-electron chi connectivity index (χ0n) is 6.69. The number of hydrogen-bond acceptors (Lipinski definition) is 2. The Bertz CT molecular complexity index is 129. The van der Waals surface area contributed by atoms with Gasteiger partial charge in [0.2, 0.25) is 0 Å². The van der Waals surface area contributed by atoms with Crippen molar-refractivity contribution in [1.82, 2.24) is 10.2 Å². The minimum atomic E-state index is 0.700. The molecule has 2 rings (SSSR count). The summed E-state index contributed by atoms with van der Waals surface area (Å²) in [5, 5.41) is 3.49. The molecular formula is C8H16N2. The van der Waals surface area contributed by atoms with Crippen molar-refractivity contribution in [2.45, 2.75) is 12.8 Å². The Balaban J connectivity index is 1.96. The van der Waals surface area contributed by atoms with Gasteiger partial charge in [0.25, 0.3) is 0 Å². The molecule has 1 spiro atoms. The normalized spacial score (nSPS) is 32.1. The third-order valence-corrected chi connectivity index (χ3v) is 2.73. The van der Waals surface area contributed by atoms with Crippen molar-refractivity contribution in [1.29, 1.82) is 0 Å². The lowest BCUT2D eigenvalue weighted by molar-refractivity contribution is 0.298. The van der Waals surface area contributed by atoms with Crippen LogP contribution in [0.3, 0.4) is 0 Å². The van der Waals surface area contributed by atoms with Crippen LogP contribution in [0, 0.1) is 5.41 Å². The molecule has 1 saturated heterocycles. The van der Waals surface area contributed by atoms with Crippen LogP contribution in [0.5, 0.6) is 0 Å². The van der Waals surface area contributed by atoms with Crippen LogP contribution in [0.2, 0.25) is 0 Å². The summed E-state index contributed by atoms with van der Waals surface area (Å²) in [5.41, 5.74) is 0.700. The fourth-order valence-electron chi connectivity index (χ4n) is 1.84. The van der Waals surface area contributed by atoms with Gasteiger partial charge in [-0.2, -0.15) is 0 Å². The average Bonchev–Trinajstić information content (AvgIpc) is 2.64. The van der Waals surface area contributed by atoms with E-state index in [1.165, 1.54) is 39.0 Å². The molecule has 58 valence electrons. The third kappa shape index (κ3) is 1.18. The van der Waals surface area contributed by atoms with Crippen molar-refractivity contribution in [3.8, 4) is 0 Å². The molecule has 2 aliphatic rings. The molecule has 0 aromatic rings. The molecule has 1 saturated carbocycles. The van der Waals surface area contributed by atoms with Crippen molar-refractivity contribution >= 4 is 0 Å². The Labute approximate surface area is 62.6 Å². The summed E-state index contributed by atoms with van der Waals surface area (Å²) in [6.45, 7) is 4.98. The second kappa shape index (κ2) is 2.21. The van der Waals surface area contributed by atoms with E-state index in [2.05, 4.69) is 17.3 Å². The summed E-state index contributed by atoms with van der Waals surface area (Å²) < 4.78 is 0. The van der Waals surface area contributed by atoms with Gasteiger partial charge in [-0.25, -0.2) is 0 Å². The molecule has 1 aliphatic carbocycles. The fourth-order valence-corrected chi connectivity index (χ4v) is 1.84. The zero-order valence-corrected chi connectivity index (χ0v) is 6.69. The number of nitrogens with zero attached hydrogens (tertiary/aromatic N) is 1. The van der Waals surface area contributed by atoms with E-state index in [0.717, 1.165) is 0 Å². The molecule has 0 unspecified atom stereocenters. The molecular weight excluding hydrogens is 124 g/mol. The Morgan fingerprint density at radius 1 is 1.40 bits per heavy atom. The van der Waals surface area contributed by atoms with E-state index in [9.17, 15) is 0 Å². The Morgan fingerprint density at radius 2 is 2.20 bits per heavy atom. The number of hydrogen-bond donors (Lipinski definition) is 1. The molecule has 1 N–H and O–H groups in total. The topological polar surface area (TPSA) is 15.3 Å². The summed E-state index contributed by atoms with van der Waals surface area (Å²) in [6, 6.07) is 0. The van der Waals surface area contributed by atoms with Crippen LogP contribution in [0.15, 0.2) is 0 Å². The molecule has 0 bridgehead atoms. The van der Waals surface area contributed by atoms with Crippen molar-refractivity contribution in [3.05, 3.63) is 0 Å². The monoisotopic (exact) mass is 140 g/mol. The van der Waals surface area contributed by atoms with E-state index in [4.69, 9.17) is 0 Å². The highest BCUT2D eigenvalue weighted by molar-refractivity contribution is 4.98. The number of likely N-dealkylation sites (N-methyl/N-ethyl adjacent to an activating group) is 1. The minimum absolute atomic E-state index is 0.700. The van der Waals surface area contributed by atoms with Crippen LogP contribution >= 0.6 is 0 Å². The van der Waals surface area contributed by atoms with E-state index < -0.39 is 0 Å². The smallest absolute Gasteiger partial charge is 0.0104 e. The van der Waals surface area contributed by atoms with E-state index in [-0.39, 0.29) is 0 Å². The highest BCUT2D eigenvalue weighted by atomic mass is 15.1. The van der Waals surface area contributed by atoms with Gasteiger partial charge < -0.3 is 10.2 Å². The van der Waals surface area contributed by atoms with Crippen molar-refractivity contribution in [2.75, 3.05) is 33.2 Å². The zero-order chi connectivity index (χ0) is 7.03. The largest absolute Gasteiger partial charge is 0.315 e. The molecule has 0 aromatic carbocycles. The predicted octanol–water partition coefficient (Wildman–Crippen LogP) is 0.302. The predicted molar refractivity (Wildman–Crippen MR) is 42.0 cm³/mol. The first-order chi connectivity index (χ1) is 4.81. The standard InChI is InChI=1S/C8H16N2/c1-10-5-4-9-6-8(7-10)2-3-8/h9H,2-7H2,1H3. The lowest BCUT2D eigenvalue weighted by Gasteiger charge is -2.17. The third-order valence-electron chi connectivity index (χ3n) is 2.73. The first-order valence-electron chi connectivity index (χ1n) is 4.20. The Hall–Kier alpha value is -0.0800. The highest BCUT2D eigenvalue weighted by Gasteiger charge is 2.43. The van der Waals surface area contributed by atoms with Crippen LogP contribution in [-0.4, -0.2) is 38.1 Å². The van der Waals surface area contributed by atoms with Gasteiger partial charge in [0.1, 0.15) is 0 Å². The molecule has 2 nitrogen and oxygen atoms in total. The van der Waals surface area contributed by atoms with Gasteiger partial charge in [0.15, 0.2) is 0 Å². The van der Waals surface area contributed by atoms with Gasteiger partial charge in [-0.05, 0) is 25.3 Å². The summed E-state index contributed by atoms with van der Waals surface area (Å²) >= 11 is 0.